The molecule has 0 aliphatic carbocycles. The predicted octanol–water partition coefficient (Wildman–Crippen LogP) is 6.14. The van der Waals surface area contributed by atoms with Gasteiger partial charge in [-0.1, -0.05) is 167 Å². The molecule has 0 aromatic heterocycles. The Balaban J connectivity index is -0.000000846. The fourth-order valence-electron chi connectivity index (χ4n) is 5.01. The fraction of sp³-hybridized carbons (Fsp3) is 0.833. The Morgan fingerprint density at radius 1 is 0.449 bits per heavy atom. The molecule has 0 aromatic rings. The van der Waals surface area contributed by atoms with E-state index >= 15 is 0 Å². The number of nitrogens with one attached hydrogen (secondary N) is 2. The summed E-state index contributed by atoms with van der Waals surface area (Å²) in [5, 5.41) is 22.4. The predicted molar refractivity (Wildman–Crippen MR) is 199 cm³/mol. The van der Waals surface area contributed by atoms with Gasteiger partial charge in [0, 0.05) is 10.8 Å². The van der Waals surface area contributed by atoms with Crippen LogP contribution in [0.3, 0.4) is 0 Å². The molecule has 0 spiro atoms. The quantitative estimate of drug-likeness (QED) is 0.0582. The van der Waals surface area contributed by atoms with Gasteiger partial charge in [0.2, 0.25) is 20.0 Å². The van der Waals surface area contributed by atoms with Crippen molar-refractivity contribution in [3.8, 4) is 0 Å². The second-order valence-corrected chi connectivity index (χ2v) is 15.9. The Morgan fingerprint density at radius 2 is 0.673 bits per heavy atom. The molecular weight excluding hydrogens is 693 g/mol. The molecule has 10 nitrogen and oxygen atoms in total. The number of sulfonamides is 2. The standard InChI is InChI=1S/2C18H35NO4S.Ca/c2*1-2-3-4-5-6-7-8-9-10-11-12-13-14-15-16-24(22,23)19-17-18(20)21;/h2*15-16,19H,2-14,17H2,1H3,(H,20,21);/q;;+2/p-2/b2*16-15+;. The number of hydrogen-bond donors (Lipinski definition) is 2. The number of allylic oxidation sites excluding steroid dienone is 2. The minimum absolute atomic E-state index is 0. The molecule has 0 rings (SSSR count). The van der Waals surface area contributed by atoms with Gasteiger partial charge in [-0.05, 0) is 25.7 Å². The third-order valence-electron chi connectivity index (χ3n) is 7.83. The summed E-state index contributed by atoms with van der Waals surface area (Å²) < 4.78 is 49.3. The van der Waals surface area contributed by atoms with Crippen molar-refractivity contribution in [2.45, 2.75) is 181 Å². The zero-order chi connectivity index (χ0) is 36.2. The minimum atomic E-state index is -3.64. The van der Waals surface area contributed by atoms with E-state index in [0.717, 1.165) is 36.5 Å². The van der Waals surface area contributed by atoms with Gasteiger partial charge in [0.25, 0.3) is 0 Å². The Morgan fingerprint density at radius 3 is 0.898 bits per heavy atom. The van der Waals surface area contributed by atoms with Crippen molar-refractivity contribution >= 4 is 69.7 Å². The SMILES string of the molecule is CCCCCCCCCCCCCC/C=C/S(=O)(=O)NCC(=O)[O-].CCCCCCCCCCCCCC/C=C/S(=O)(=O)NCC(=O)[O-].[Ca+2]. The number of carbonyl (C=O) groups is 2. The van der Waals surface area contributed by atoms with E-state index in [4.69, 9.17) is 0 Å². The zero-order valence-corrected chi connectivity index (χ0v) is 34.7. The maximum Gasteiger partial charge on any atom is 2.00 e. The normalized spacial score (nSPS) is 11.8. The van der Waals surface area contributed by atoms with Crippen LogP contribution in [0.1, 0.15) is 181 Å². The molecule has 0 aliphatic heterocycles. The summed E-state index contributed by atoms with van der Waals surface area (Å²) in [6.07, 6.45) is 35.1. The van der Waals surface area contributed by atoms with Crippen molar-refractivity contribution < 1.29 is 36.6 Å². The average molecular weight is 761 g/mol. The molecule has 13 heteroatoms. The van der Waals surface area contributed by atoms with Gasteiger partial charge in [-0.2, -0.15) is 0 Å². The van der Waals surface area contributed by atoms with Gasteiger partial charge in [0.05, 0.1) is 25.0 Å². The molecule has 0 radical (unpaired) electrons. The van der Waals surface area contributed by atoms with E-state index in [0.29, 0.717) is 12.8 Å². The molecule has 284 valence electrons. The zero-order valence-electron chi connectivity index (χ0n) is 30.9. The molecule has 0 bridgehead atoms. The molecule has 0 amide bonds. The Kier molecular flexibility index (Phi) is 41.8. The molecular formula is C36H68CaN2O8S2. The molecule has 0 aliphatic rings. The van der Waals surface area contributed by atoms with Crippen molar-refractivity contribution in [3.63, 3.8) is 0 Å². The van der Waals surface area contributed by atoms with Crippen LogP contribution < -0.4 is 19.7 Å². The topological polar surface area (TPSA) is 173 Å². The summed E-state index contributed by atoms with van der Waals surface area (Å²) >= 11 is 0. The molecule has 0 aromatic carbocycles. The van der Waals surface area contributed by atoms with E-state index in [1.165, 1.54) is 128 Å². The summed E-state index contributed by atoms with van der Waals surface area (Å²) in [7, 11) is -7.29. The van der Waals surface area contributed by atoms with E-state index in [-0.39, 0.29) is 37.7 Å². The molecule has 0 heterocycles. The summed E-state index contributed by atoms with van der Waals surface area (Å²) in [4.78, 5) is 20.4. The van der Waals surface area contributed by atoms with Crippen LogP contribution >= 0.6 is 0 Å². The van der Waals surface area contributed by atoms with Crippen molar-refractivity contribution in [3.05, 3.63) is 23.0 Å². The maximum atomic E-state index is 11.4. The molecule has 2 N–H and O–H groups in total. The second kappa shape index (κ2) is 38.7. The molecule has 0 fully saturated rings. The van der Waals surface area contributed by atoms with Crippen LogP contribution in [0.5, 0.6) is 0 Å². The smallest absolute Gasteiger partial charge is 0.549 e. The van der Waals surface area contributed by atoms with Gasteiger partial charge in [-0.25, -0.2) is 26.3 Å². The van der Waals surface area contributed by atoms with Crippen LogP contribution in [0.4, 0.5) is 0 Å². The van der Waals surface area contributed by atoms with Crippen LogP contribution in [0.15, 0.2) is 23.0 Å². The van der Waals surface area contributed by atoms with Crippen LogP contribution in [0.2, 0.25) is 0 Å². The van der Waals surface area contributed by atoms with E-state index in [1.807, 2.05) is 9.44 Å². The fourth-order valence-corrected chi connectivity index (χ4v) is 6.62. The Labute approximate surface area is 330 Å². The number of unbranched alkanes of at least 4 members (excludes halogenated alkanes) is 24. The number of hydrogen-bond acceptors (Lipinski definition) is 8. The molecule has 49 heavy (non-hydrogen) atoms. The average Bonchev–Trinajstić information content (AvgIpc) is 3.03. The summed E-state index contributed by atoms with van der Waals surface area (Å²) in [6, 6.07) is 0. The monoisotopic (exact) mass is 760 g/mol. The molecule has 0 atom stereocenters. The van der Waals surface area contributed by atoms with Gasteiger partial charge < -0.3 is 19.8 Å². The van der Waals surface area contributed by atoms with Gasteiger partial charge >= 0.3 is 37.7 Å². The Bertz CT molecular complexity index is 954. The minimum Gasteiger partial charge on any atom is -0.549 e. The third kappa shape index (κ3) is 47.5. The van der Waals surface area contributed by atoms with Crippen LogP contribution in [0, 0.1) is 0 Å². The number of rotatable bonds is 34. The van der Waals surface area contributed by atoms with Crippen molar-refractivity contribution in [1.82, 2.24) is 9.44 Å². The third-order valence-corrected chi connectivity index (χ3v) is 10.0. The largest absolute Gasteiger partial charge is 2.00 e. The van der Waals surface area contributed by atoms with Crippen molar-refractivity contribution in [2.24, 2.45) is 0 Å². The van der Waals surface area contributed by atoms with Gasteiger partial charge in [0.1, 0.15) is 0 Å². The molecule has 0 saturated heterocycles. The number of aliphatic carboxylic acids is 2. The van der Waals surface area contributed by atoms with Crippen molar-refractivity contribution in [2.75, 3.05) is 13.1 Å². The van der Waals surface area contributed by atoms with Gasteiger partial charge in [0.15, 0.2) is 0 Å². The van der Waals surface area contributed by atoms with Gasteiger partial charge in [-0.3, -0.25) is 0 Å². The number of carboxylic acid groups (broad SMARTS) is 2. The van der Waals surface area contributed by atoms with Crippen LogP contribution in [0.25, 0.3) is 0 Å². The summed E-state index contributed by atoms with van der Waals surface area (Å²) in [6.45, 7) is 3.10. The molecule has 0 unspecified atom stereocenters. The molecule has 0 saturated carbocycles. The van der Waals surface area contributed by atoms with E-state index < -0.39 is 45.1 Å². The van der Waals surface area contributed by atoms with Crippen LogP contribution in [-0.4, -0.2) is 79.6 Å². The second-order valence-electron chi connectivity index (χ2n) is 12.6. The first-order valence-corrected chi connectivity index (χ1v) is 21.8. The number of carboxylic acids is 2. The van der Waals surface area contributed by atoms with Crippen LogP contribution in [-0.2, 0) is 29.6 Å². The first-order valence-electron chi connectivity index (χ1n) is 18.7. The van der Waals surface area contributed by atoms with Crippen molar-refractivity contribution in [1.29, 1.82) is 0 Å². The first-order chi connectivity index (χ1) is 23.0. The van der Waals surface area contributed by atoms with Gasteiger partial charge in [-0.15, -0.1) is 0 Å². The summed E-state index contributed by atoms with van der Waals surface area (Å²) in [5.74, 6) is -2.87. The Hall–Kier alpha value is -0.500. The summed E-state index contributed by atoms with van der Waals surface area (Å²) in [5.41, 5.74) is 0. The maximum absolute atomic E-state index is 11.4. The van der Waals surface area contributed by atoms with E-state index in [9.17, 15) is 36.6 Å². The number of carbonyl (C=O) groups excluding carboxylic acids is 2. The first kappa shape index (κ1) is 52.9. The van der Waals surface area contributed by atoms with E-state index in [2.05, 4.69) is 13.8 Å². The van der Waals surface area contributed by atoms with E-state index in [1.54, 1.807) is 12.2 Å².